The lowest BCUT2D eigenvalue weighted by Crippen LogP contribution is -2.25. The molecule has 2 N–H and O–H groups in total. The zero-order valence-electron chi connectivity index (χ0n) is 13.8. The fourth-order valence-electron chi connectivity index (χ4n) is 2.19. The Morgan fingerprint density at radius 2 is 1.96 bits per heavy atom. The number of carbonyl (C=O) groups is 2. The van der Waals surface area contributed by atoms with E-state index < -0.39 is 16.7 Å². The fourth-order valence-corrected chi connectivity index (χ4v) is 2.19. The second-order valence-electron chi connectivity index (χ2n) is 5.03. The lowest BCUT2D eigenvalue weighted by Gasteiger charge is -2.11. The van der Waals surface area contributed by atoms with Gasteiger partial charge in [-0.05, 0) is 24.3 Å². The van der Waals surface area contributed by atoms with E-state index in [1.54, 1.807) is 18.2 Å². The van der Waals surface area contributed by atoms with Crippen molar-refractivity contribution in [1.29, 1.82) is 0 Å². The van der Waals surface area contributed by atoms with Crippen molar-refractivity contribution < 1.29 is 19.2 Å². The van der Waals surface area contributed by atoms with Gasteiger partial charge in [0.05, 0.1) is 29.8 Å². The Labute approximate surface area is 149 Å². The van der Waals surface area contributed by atoms with Crippen LogP contribution in [-0.4, -0.2) is 30.4 Å². The molecule has 0 saturated carbocycles. The summed E-state index contributed by atoms with van der Waals surface area (Å²) in [6.07, 6.45) is 5.11. The predicted octanol–water partition coefficient (Wildman–Crippen LogP) is 2.22. The summed E-state index contributed by atoms with van der Waals surface area (Å²) in [6, 6.07) is 10.2. The number of methoxy groups -OCH3 is 1. The summed E-state index contributed by atoms with van der Waals surface area (Å²) < 4.78 is 4.91. The van der Waals surface area contributed by atoms with Gasteiger partial charge in [0.2, 0.25) is 0 Å². The Bertz CT molecular complexity index is 902. The maximum atomic E-state index is 12.4. The van der Waals surface area contributed by atoms with Crippen molar-refractivity contribution >= 4 is 23.2 Å². The molecule has 2 aromatic rings. The zero-order valence-corrected chi connectivity index (χ0v) is 13.8. The maximum Gasteiger partial charge on any atom is 0.311 e. The monoisotopic (exact) mass is 353 g/mol. The van der Waals surface area contributed by atoms with Crippen molar-refractivity contribution in [3.63, 3.8) is 0 Å². The molecule has 0 aliphatic rings. The topological polar surface area (TPSA) is 111 Å². The molecule has 0 aliphatic carbocycles. The summed E-state index contributed by atoms with van der Waals surface area (Å²) in [5.41, 5.74) is 0.195. The van der Waals surface area contributed by atoms with Gasteiger partial charge in [-0.2, -0.15) is 0 Å². The molecule has 2 aromatic carbocycles. The third-order valence-corrected chi connectivity index (χ3v) is 3.41. The number of rotatable bonds is 6. The Morgan fingerprint density at radius 1 is 1.23 bits per heavy atom. The molecular formula is C18H15N3O5. The lowest BCUT2D eigenvalue weighted by molar-refractivity contribution is -0.385. The number of ether oxygens (including phenoxy) is 1. The van der Waals surface area contributed by atoms with Gasteiger partial charge in [0, 0.05) is 11.6 Å². The van der Waals surface area contributed by atoms with Crippen molar-refractivity contribution in [3.8, 4) is 18.1 Å². The van der Waals surface area contributed by atoms with Gasteiger partial charge in [-0.25, -0.2) is 0 Å². The van der Waals surface area contributed by atoms with E-state index >= 15 is 0 Å². The molecule has 26 heavy (non-hydrogen) atoms. The Hall–Kier alpha value is -3.86. The van der Waals surface area contributed by atoms with Crippen LogP contribution < -0.4 is 15.4 Å². The largest absolute Gasteiger partial charge is 0.490 e. The number of nitrogens with one attached hydrogen (secondary N) is 2. The normalized spacial score (nSPS) is 9.69. The van der Waals surface area contributed by atoms with Gasteiger partial charge in [-0.1, -0.05) is 18.1 Å². The van der Waals surface area contributed by atoms with Crippen LogP contribution in [0.3, 0.4) is 0 Å². The minimum Gasteiger partial charge on any atom is -0.490 e. The van der Waals surface area contributed by atoms with Crippen LogP contribution in [0.4, 0.5) is 11.4 Å². The lowest BCUT2D eigenvalue weighted by atomic mass is 10.1. The number of para-hydroxylation sites is 1. The second-order valence-corrected chi connectivity index (χ2v) is 5.03. The standard InChI is InChI=1S/C18H15N3O5/c1-3-10-19-18(23)13-6-4-5-7-14(13)20-17(22)12-8-9-16(26-2)15(11-12)21(24)25/h1,4-9,11H,10H2,2H3,(H,19,23)(H,20,22). The Balaban J connectivity index is 2.29. The molecule has 0 unspecified atom stereocenters. The molecule has 0 aromatic heterocycles. The molecule has 0 aliphatic heterocycles. The van der Waals surface area contributed by atoms with E-state index in [4.69, 9.17) is 11.2 Å². The van der Waals surface area contributed by atoms with Gasteiger partial charge in [0.15, 0.2) is 5.75 Å². The number of hydrogen-bond acceptors (Lipinski definition) is 5. The molecule has 0 bridgehead atoms. The van der Waals surface area contributed by atoms with Crippen LogP contribution in [0.2, 0.25) is 0 Å². The Kier molecular flexibility index (Phi) is 5.90. The van der Waals surface area contributed by atoms with Crippen LogP contribution in [0.5, 0.6) is 5.75 Å². The van der Waals surface area contributed by atoms with Crippen LogP contribution in [0.1, 0.15) is 20.7 Å². The summed E-state index contributed by atoms with van der Waals surface area (Å²) in [5, 5.41) is 16.2. The van der Waals surface area contributed by atoms with Crippen LogP contribution in [0.25, 0.3) is 0 Å². The number of anilines is 1. The Morgan fingerprint density at radius 3 is 2.62 bits per heavy atom. The number of carbonyl (C=O) groups excluding carboxylic acids is 2. The van der Waals surface area contributed by atoms with E-state index in [1.165, 1.54) is 25.3 Å². The van der Waals surface area contributed by atoms with E-state index in [0.29, 0.717) is 0 Å². The minimum absolute atomic E-state index is 0.0422. The molecule has 0 heterocycles. The van der Waals surface area contributed by atoms with Gasteiger partial charge in [0.25, 0.3) is 11.8 Å². The number of nitrogens with zero attached hydrogens (tertiary/aromatic N) is 1. The van der Waals surface area contributed by atoms with E-state index in [2.05, 4.69) is 16.6 Å². The summed E-state index contributed by atoms with van der Waals surface area (Å²) in [7, 11) is 1.30. The summed E-state index contributed by atoms with van der Waals surface area (Å²) >= 11 is 0. The van der Waals surface area contributed by atoms with Crippen molar-refractivity contribution in [3.05, 3.63) is 63.7 Å². The molecule has 2 amide bonds. The first-order valence-electron chi connectivity index (χ1n) is 7.42. The molecule has 8 heteroatoms. The van der Waals surface area contributed by atoms with Gasteiger partial charge < -0.3 is 15.4 Å². The van der Waals surface area contributed by atoms with Crippen molar-refractivity contribution in [2.24, 2.45) is 0 Å². The van der Waals surface area contributed by atoms with E-state index in [9.17, 15) is 19.7 Å². The van der Waals surface area contributed by atoms with Gasteiger partial charge in [0.1, 0.15) is 0 Å². The number of terminal acetylenes is 1. The van der Waals surface area contributed by atoms with E-state index in [-0.39, 0.29) is 34.8 Å². The number of benzene rings is 2. The molecule has 0 radical (unpaired) electrons. The van der Waals surface area contributed by atoms with Crippen molar-refractivity contribution in [2.45, 2.75) is 0 Å². The van der Waals surface area contributed by atoms with Gasteiger partial charge in [-0.15, -0.1) is 6.42 Å². The molecule has 0 fully saturated rings. The molecule has 0 saturated heterocycles. The highest BCUT2D eigenvalue weighted by Gasteiger charge is 2.19. The van der Waals surface area contributed by atoms with Gasteiger partial charge in [-0.3, -0.25) is 19.7 Å². The average Bonchev–Trinajstić information content (AvgIpc) is 2.65. The first kappa shape index (κ1) is 18.5. The van der Waals surface area contributed by atoms with Crippen LogP contribution in [0, 0.1) is 22.5 Å². The zero-order chi connectivity index (χ0) is 19.1. The smallest absolute Gasteiger partial charge is 0.311 e. The minimum atomic E-state index is -0.642. The highest BCUT2D eigenvalue weighted by molar-refractivity contribution is 6.09. The molecule has 8 nitrogen and oxygen atoms in total. The summed E-state index contributed by atoms with van der Waals surface area (Å²) in [4.78, 5) is 35.0. The van der Waals surface area contributed by atoms with E-state index in [1.807, 2.05) is 0 Å². The number of nitro groups is 1. The average molecular weight is 353 g/mol. The molecule has 2 rings (SSSR count). The first-order valence-corrected chi connectivity index (χ1v) is 7.42. The van der Waals surface area contributed by atoms with Crippen LogP contribution in [-0.2, 0) is 0 Å². The number of nitro benzene ring substituents is 1. The third-order valence-electron chi connectivity index (χ3n) is 3.41. The first-order chi connectivity index (χ1) is 12.5. The second kappa shape index (κ2) is 8.30. The highest BCUT2D eigenvalue weighted by atomic mass is 16.6. The number of amides is 2. The van der Waals surface area contributed by atoms with Crippen molar-refractivity contribution in [2.75, 3.05) is 19.0 Å². The number of hydrogen-bond donors (Lipinski definition) is 2. The summed E-state index contributed by atoms with van der Waals surface area (Å²) in [5.74, 6) is 1.28. The molecule has 0 atom stereocenters. The SMILES string of the molecule is C#CCNC(=O)c1ccccc1NC(=O)c1ccc(OC)c([N+](=O)[O-])c1. The van der Waals surface area contributed by atoms with Crippen LogP contribution in [0.15, 0.2) is 42.5 Å². The molecule has 0 spiro atoms. The van der Waals surface area contributed by atoms with E-state index in [0.717, 1.165) is 6.07 Å². The molecule has 132 valence electrons. The van der Waals surface area contributed by atoms with Crippen LogP contribution >= 0.6 is 0 Å². The maximum absolute atomic E-state index is 12.4. The highest BCUT2D eigenvalue weighted by Crippen LogP contribution is 2.28. The predicted molar refractivity (Wildman–Crippen MR) is 95.2 cm³/mol. The third kappa shape index (κ3) is 4.15. The van der Waals surface area contributed by atoms with Gasteiger partial charge >= 0.3 is 5.69 Å². The van der Waals surface area contributed by atoms with Crippen molar-refractivity contribution in [1.82, 2.24) is 5.32 Å². The summed E-state index contributed by atoms with van der Waals surface area (Å²) in [6.45, 7) is 0.0474. The quantitative estimate of drug-likeness (QED) is 0.470. The molecular weight excluding hydrogens is 338 g/mol. The fraction of sp³-hybridized carbons (Fsp3) is 0.111.